The van der Waals surface area contributed by atoms with E-state index in [-0.39, 0.29) is 0 Å². The average Bonchev–Trinajstić information content (AvgIpc) is 2.31. The first-order valence-corrected chi connectivity index (χ1v) is 5.34. The number of carbonyl (C=O) groups is 1. The lowest BCUT2D eigenvalue weighted by Gasteiger charge is -2.07. The summed E-state index contributed by atoms with van der Waals surface area (Å²) in [5.74, 6) is 1.29. The minimum absolute atomic E-state index is 0.322. The third-order valence-electron chi connectivity index (χ3n) is 1.68. The standard InChI is InChI=1S/C8H8OS2/c1-5-4-6-7(9)2-3-10-8(6)11-5/h4H,2-3H2,1H3. The minimum Gasteiger partial charge on any atom is -0.294 e. The molecule has 0 bridgehead atoms. The molecule has 0 fully saturated rings. The van der Waals surface area contributed by atoms with Gasteiger partial charge in [0.15, 0.2) is 5.78 Å². The number of Topliss-reactive ketones (excluding diaryl/α,β-unsaturated/α-hetero) is 1. The molecule has 1 aliphatic rings. The first kappa shape index (κ1) is 7.37. The van der Waals surface area contributed by atoms with E-state index < -0.39 is 0 Å². The van der Waals surface area contributed by atoms with Crippen LogP contribution in [0.25, 0.3) is 0 Å². The van der Waals surface area contributed by atoms with Gasteiger partial charge in [-0.05, 0) is 13.0 Å². The number of thiophene rings is 1. The van der Waals surface area contributed by atoms with Gasteiger partial charge in [0, 0.05) is 22.6 Å². The molecule has 0 unspecified atom stereocenters. The van der Waals surface area contributed by atoms with Crippen molar-refractivity contribution in [3.05, 3.63) is 16.5 Å². The predicted octanol–water partition coefficient (Wildman–Crippen LogP) is 2.74. The summed E-state index contributed by atoms with van der Waals surface area (Å²) in [6.45, 7) is 2.05. The molecule has 1 nitrogen and oxygen atoms in total. The molecule has 0 aliphatic carbocycles. The molecule has 1 aromatic heterocycles. The molecule has 0 spiro atoms. The molecule has 0 aromatic carbocycles. The second-order valence-electron chi connectivity index (χ2n) is 2.58. The highest BCUT2D eigenvalue weighted by molar-refractivity contribution is 8.01. The molecule has 1 aromatic rings. The van der Waals surface area contributed by atoms with Crippen LogP contribution in [0.4, 0.5) is 0 Å². The van der Waals surface area contributed by atoms with Gasteiger partial charge in [-0.3, -0.25) is 4.79 Å². The Bertz CT molecular complexity index is 301. The van der Waals surface area contributed by atoms with Gasteiger partial charge in [0.2, 0.25) is 0 Å². The van der Waals surface area contributed by atoms with Crippen molar-refractivity contribution in [2.24, 2.45) is 0 Å². The molecule has 0 N–H and O–H groups in total. The van der Waals surface area contributed by atoms with Gasteiger partial charge >= 0.3 is 0 Å². The van der Waals surface area contributed by atoms with E-state index in [1.54, 1.807) is 11.3 Å². The van der Waals surface area contributed by atoms with E-state index in [9.17, 15) is 4.79 Å². The van der Waals surface area contributed by atoms with Crippen LogP contribution in [0, 0.1) is 6.92 Å². The van der Waals surface area contributed by atoms with Crippen molar-refractivity contribution >= 4 is 28.9 Å². The highest BCUT2D eigenvalue weighted by atomic mass is 32.2. The lowest BCUT2D eigenvalue weighted by Crippen LogP contribution is -2.04. The van der Waals surface area contributed by atoms with Gasteiger partial charge in [-0.15, -0.1) is 23.1 Å². The number of carbonyl (C=O) groups excluding carboxylic acids is 1. The smallest absolute Gasteiger partial charge is 0.165 e. The zero-order chi connectivity index (χ0) is 7.84. The molecule has 2 heterocycles. The fourth-order valence-corrected chi connectivity index (χ4v) is 3.60. The average molecular weight is 184 g/mol. The van der Waals surface area contributed by atoms with E-state index in [0.717, 1.165) is 11.3 Å². The third kappa shape index (κ3) is 1.23. The van der Waals surface area contributed by atoms with Crippen LogP contribution in [0.5, 0.6) is 0 Å². The van der Waals surface area contributed by atoms with Gasteiger partial charge in [-0.25, -0.2) is 0 Å². The minimum atomic E-state index is 0.322. The van der Waals surface area contributed by atoms with Crippen molar-refractivity contribution in [2.45, 2.75) is 17.6 Å². The summed E-state index contributed by atoms with van der Waals surface area (Å²) in [7, 11) is 0. The molecule has 0 saturated carbocycles. The monoisotopic (exact) mass is 184 g/mol. The maximum Gasteiger partial charge on any atom is 0.165 e. The maximum atomic E-state index is 11.3. The van der Waals surface area contributed by atoms with Gasteiger partial charge in [0.05, 0.1) is 4.21 Å². The summed E-state index contributed by atoms with van der Waals surface area (Å²) in [6.07, 6.45) is 0.716. The van der Waals surface area contributed by atoms with Crippen molar-refractivity contribution in [1.82, 2.24) is 0 Å². The summed E-state index contributed by atoms with van der Waals surface area (Å²) >= 11 is 3.55. The fraction of sp³-hybridized carbons (Fsp3) is 0.375. The number of hydrogen-bond donors (Lipinski definition) is 0. The van der Waals surface area contributed by atoms with Crippen molar-refractivity contribution in [2.75, 3.05) is 5.75 Å². The number of rotatable bonds is 0. The van der Waals surface area contributed by atoms with Crippen molar-refractivity contribution < 1.29 is 4.79 Å². The largest absolute Gasteiger partial charge is 0.294 e. The zero-order valence-electron chi connectivity index (χ0n) is 6.22. The molecule has 0 saturated heterocycles. The molecule has 0 amide bonds. The van der Waals surface area contributed by atoms with Crippen LogP contribution >= 0.6 is 23.1 Å². The highest BCUT2D eigenvalue weighted by Crippen LogP contribution is 2.36. The van der Waals surface area contributed by atoms with Gasteiger partial charge in [0.1, 0.15) is 0 Å². The Kier molecular flexibility index (Phi) is 1.77. The topological polar surface area (TPSA) is 17.1 Å². The van der Waals surface area contributed by atoms with E-state index in [0.29, 0.717) is 12.2 Å². The molecular weight excluding hydrogens is 176 g/mol. The molecule has 0 radical (unpaired) electrons. The number of fused-ring (bicyclic) bond motifs is 1. The number of aryl methyl sites for hydroxylation is 1. The van der Waals surface area contributed by atoms with Crippen LogP contribution in [0.3, 0.4) is 0 Å². The zero-order valence-corrected chi connectivity index (χ0v) is 7.85. The summed E-state index contributed by atoms with van der Waals surface area (Å²) < 4.78 is 1.22. The summed E-state index contributed by atoms with van der Waals surface area (Å²) in [4.78, 5) is 12.5. The highest BCUT2D eigenvalue weighted by Gasteiger charge is 2.19. The van der Waals surface area contributed by atoms with Crippen LogP contribution in [0.1, 0.15) is 21.7 Å². The van der Waals surface area contributed by atoms with Crippen molar-refractivity contribution in [1.29, 1.82) is 0 Å². The molecule has 2 rings (SSSR count). The van der Waals surface area contributed by atoms with Gasteiger partial charge in [0.25, 0.3) is 0 Å². The van der Waals surface area contributed by atoms with E-state index in [2.05, 4.69) is 6.92 Å². The van der Waals surface area contributed by atoms with Crippen molar-refractivity contribution in [3.8, 4) is 0 Å². The summed E-state index contributed by atoms with van der Waals surface area (Å²) in [5.41, 5.74) is 0.962. The van der Waals surface area contributed by atoms with Crippen molar-refractivity contribution in [3.63, 3.8) is 0 Å². The molecular formula is C8H8OS2. The Morgan fingerprint density at radius 2 is 2.36 bits per heavy atom. The molecule has 0 atom stereocenters. The Morgan fingerprint density at radius 3 is 3.09 bits per heavy atom. The van der Waals surface area contributed by atoms with Crippen LogP contribution in [-0.2, 0) is 0 Å². The normalized spacial score (nSPS) is 16.6. The Hall–Kier alpha value is -0.280. The van der Waals surface area contributed by atoms with Gasteiger partial charge in [-0.1, -0.05) is 0 Å². The first-order valence-electron chi connectivity index (χ1n) is 3.54. The van der Waals surface area contributed by atoms with E-state index in [1.807, 2.05) is 17.8 Å². The number of thioether (sulfide) groups is 1. The van der Waals surface area contributed by atoms with E-state index in [4.69, 9.17) is 0 Å². The van der Waals surface area contributed by atoms with E-state index in [1.165, 1.54) is 9.09 Å². The fourth-order valence-electron chi connectivity index (χ4n) is 1.17. The predicted molar refractivity (Wildman–Crippen MR) is 48.7 cm³/mol. The lowest BCUT2D eigenvalue weighted by molar-refractivity contribution is 0.0985. The number of hydrogen-bond acceptors (Lipinski definition) is 3. The van der Waals surface area contributed by atoms with E-state index >= 15 is 0 Å². The third-order valence-corrected chi connectivity index (χ3v) is 4.02. The molecule has 3 heteroatoms. The molecule has 1 aliphatic heterocycles. The van der Waals surface area contributed by atoms with Crippen LogP contribution in [-0.4, -0.2) is 11.5 Å². The Morgan fingerprint density at radius 1 is 1.55 bits per heavy atom. The molecule has 58 valence electrons. The lowest BCUT2D eigenvalue weighted by atomic mass is 10.2. The van der Waals surface area contributed by atoms with Gasteiger partial charge in [-0.2, -0.15) is 0 Å². The SMILES string of the molecule is Cc1cc2c(s1)SCCC2=O. The quantitative estimate of drug-likeness (QED) is 0.616. The Labute approximate surface area is 73.8 Å². The summed E-state index contributed by atoms with van der Waals surface area (Å²) in [5, 5.41) is 0. The first-order chi connectivity index (χ1) is 5.27. The Balaban J connectivity index is 2.52. The summed E-state index contributed by atoms with van der Waals surface area (Å²) in [6, 6.07) is 2.01. The maximum absolute atomic E-state index is 11.3. The number of ketones is 1. The van der Waals surface area contributed by atoms with Crippen LogP contribution in [0.2, 0.25) is 0 Å². The van der Waals surface area contributed by atoms with Gasteiger partial charge < -0.3 is 0 Å². The second-order valence-corrected chi connectivity index (χ2v) is 5.20. The molecule has 11 heavy (non-hydrogen) atoms. The van der Waals surface area contributed by atoms with Crippen LogP contribution in [0.15, 0.2) is 10.3 Å². The van der Waals surface area contributed by atoms with Crippen LogP contribution < -0.4 is 0 Å². The second kappa shape index (κ2) is 2.64.